The number of carbonyl (C=O) groups excluding carboxylic acids is 3. The Balaban J connectivity index is 1.48. The maximum atomic E-state index is 12.9. The fourth-order valence-corrected chi connectivity index (χ4v) is 4.01. The van der Waals surface area contributed by atoms with Gasteiger partial charge in [-0.2, -0.15) is 0 Å². The number of fused-ring (bicyclic) bond motifs is 1. The number of amides is 4. The van der Waals surface area contributed by atoms with Gasteiger partial charge in [-0.3, -0.25) is 14.9 Å². The first kappa shape index (κ1) is 17.6. The molecule has 4 amide bonds. The fraction of sp³-hybridized carbons (Fsp3) is 0.526. The number of likely N-dealkylation sites (tertiary alicyclic amines) is 1. The molecule has 2 fully saturated rings. The molecule has 2 saturated heterocycles. The van der Waals surface area contributed by atoms with E-state index in [9.17, 15) is 14.4 Å². The van der Waals surface area contributed by atoms with Crippen molar-refractivity contribution in [1.29, 1.82) is 0 Å². The molecule has 0 bridgehead atoms. The van der Waals surface area contributed by atoms with Gasteiger partial charge < -0.3 is 19.3 Å². The highest BCUT2D eigenvalue weighted by Gasteiger charge is 2.54. The number of nitrogens with one attached hydrogen (secondary N) is 1. The Morgan fingerprint density at radius 2 is 1.89 bits per heavy atom. The topological polar surface area (TPSA) is 88.2 Å². The molecule has 3 aliphatic heterocycles. The summed E-state index contributed by atoms with van der Waals surface area (Å²) in [5.41, 5.74) is -0.311. The zero-order chi connectivity index (χ0) is 19.2. The molecule has 1 aromatic rings. The SMILES string of the molecule is CC(C)CN1C(=O)NC(=O)C12CCN(C(=O)c1ccc3c(c1)OCO3)CC2. The van der Waals surface area contributed by atoms with E-state index in [1.54, 1.807) is 28.0 Å². The van der Waals surface area contributed by atoms with E-state index in [2.05, 4.69) is 5.32 Å². The fourth-order valence-electron chi connectivity index (χ4n) is 4.01. The second-order valence-electron chi connectivity index (χ2n) is 7.66. The van der Waals surface area contributed by atoms with Crippen LogP contribution in [0.15, 0.2) is 18.2 Å². The first-order valence-corrected chi connectivity index (χ1v) is 9.23. The molecule has 1 aromatic carbocycles. The highest BCUT2D eigenvalue weighted by molar-refractivity contribution is 6.07. The van der Waals surface area contributed by atoms with Gasteiger partial charge in [0.1, 0.15) is 5.54 Å². The van der Waals surface area contributed by atoms with Crippen LogP contribution in [0.2, 0.25) is 0 Å². The molecule has 3 heterocycles. The molecule has 1 N–H and O–H groups in total. The lowest BCUT2D eigenvalue weighted by molar-refractivity contribution is -0.129. The van der Waals surface area contributed by atoms with Crippen LogP contribution in [0.4, 0.5) is 4.79 Å². The number of hydrogen-bond acceptors (Lipinski definition) is 5. The summed E-state index contributed by atoms with van der Waals surface area (Å²) in [5.74, 6) is 1.10. The van der Waals surface area contributed by atoms with E-state index in [-0.39, 0.29) is 30.6 Å². The molecule has 0 unspecified atom stereocenters. The molecule has 0 saturated carbocycles. The second-order valence-corrected chi connectivity index (χ2v) is 7.66. The van der Waals surface area contributed by atoms with Crippen LogP contribution in [-0.2, 0) is 4.79 Å². The molecule has 0 aliphatic carbocycles. The van der Waals surface area contributed by atoms with Crippen molar-refractivity contribution in [2.75, 3.05) is 26.4 Å². The van der Waals surface area contributed by atoms with Gasteiger partial charge in [-0.25, -0.2) is 4.79 Å². The average molecular weight is 373 g/mol. The number of imide groups is 1. The van der Waals surface area contributed by atoms with Gasteiger partial charge in [0.25, 0.3) is 11.8 Å². The van der Waals surface area contributed by atoms with E-state index in [4.69, 9.17) is 9.47 Å². The lowest BCUT2D eigenvalue weighted by atomic mass is 9.85. The van der Waals surface area contributed by atoms with E-state index in [0.29, 0.717) is 49.5 Å². The number of ether oxygens (including phenoxy) is 2. The molecule has 144 valence electrons. The molecule has 8 heteroatoms. The van der Waals surface area contributed by atoms with Crippen LogP contribution in [0, 0.1) is 5.92 Å². The highest BCUT2D eigenvalue weighted by Crippen LogP contribution is 2.36. The Hall–Kier alpha value is -2.77. The minimum absolute atomic E-state index is 0.108. The minimum atomic E-state index is -0.840. The van der Waals surface area contributed by atoms with Gasteiger partial charge >= 0.3 is 6.03 Å². The summed E-state index contributed by atoms with van der Waals surface area (Å²) in [6, 6.07) is 4.81. The molecular weight excluding hydrogens is 350 g/mol. The second kappa shape index (κ2) is 6.44. The largest absolute Gasteiger partial charge is 0.454 e. The number of piperidine rings is 1. The third-order valence-corrected chi connectivity index (χ3v) is 5.45. The van der Waals surface area contributed by atoms with Crippen LogP contribution in [0.3, 0.4) is 0 Å². The maximum absolute atomic E-state index is 12.9. The van der Waals surface area contributed by atoms with Crippen LogP contribution in [0.5, 0.6) is 11.5 Å². The minimum Gasteiger partial charge on any atom is -0.454 e. The summed E-state index contributed by atoms with van der Waals surface area (Å²) in [6.07, 6.45) is 0.876. The molecule has 27 heavy (non-hydrogen) atoms. The molecule has 1 spiro atoms. The Morgan fingerprint density at radius 3 is 2.59 bits per heavy atom. The summed E-state index contributed by atoms with van der Waals surface area (Å²) < 4.78 is 10.6. The van der Waals surface area contributed by atoms with Crippen molar-refractivity contribution in [3.8, 4) is 11.5 Å². The van der Waals surface area contributed by atoms with Crippen LogP contribution >= 0.6 is 0 Å². The lowest BCUT2D eigenvalue weighted by Crippen LogP contribution is -2.58. The Labute approximate surface area is 157 Å². The first-order valence-electron chi connectivity index (χ1n) is 9.23. The van der Waals surface area contributed by atoms with Gasteiger partial charge in [-0.05, 0) is 37.0 Å². The third-order valence-electron chi connectivity index (χ3n) is 5.45. The van der Waals surface area contributed by atoms with E-state index in [1.165, 1.54) is 0 Å². The van der Waals surface area contributed by atoms with Crippen molar-refractivity contribution in [2.45, 2.75) is 32.2 Å². The Morgan fingerprint density at radius 1 is 1.19 bits per heavy atom. The van der Waals surface area contributed by atoms with Crippen molar-refractivity contribution in [3.63, 3.8) is 0 Å². The van der Waals surface area contributed by atoms with Crippen LogP contribution in [0.1, 0.15) is 37.0 Å². The highest BCUT2D eigenvalue weighted by atomic mass is 16.7. The Bertz CT molecular complexity index is 799. The van der Waals surface area contributed by atoms with Gasteiger partial charge in [0.15, 0.2) is 11.5 Å². The van der Waals surface area contributed by atoms with E-state index >= 15 is 0 Å². The summed E-state index contributed by atoms with van der Waals surface area (Å²) in [7, 11) is 0. The molecular formula is C19H23N3O5. The molecule has 3 aliphatic rings. The zero-order valence-electron chi connectivity index (χ0n) is 15.5. The van der Waals surface area contributed by atoms with E-state index in [0.717, 1.165) is 0 Å². The predicted octanol–water partition coefficient (Wildman–Crippen LogP) is 1.60. The number of urea groups is 1. The van der Waals surface area contributed by atoms with E-state index < -0.39 is 5.54 Å². The van der Waals surface area contributed by atoms with Gasteiger partial charge in [0.05, 0.1) is 0 Å². The number of carbonyl (C=O) groups is 3. The normalized spacial score (nSPS) is 20.6. The molecule has 8 nitrogen and oxygen atoms in total. The third kappa shape index (κ3) is 2.89. The smallest absolute Gasteiger partial charge is 0.325 e. The monoisotopic (exact) mass is 373 g/mol. The summed E-state index contributed by atoms with van der Waals surface area (Å²) in [4.78, 5) is 41.0. The maximum Gasteiger partial charge on any atom is 0.325 e. The molecule has 4 rings (SSSR count). The average Bonchev–Trinajstić information content (AvgIpc) is 3.20. The quantitative estimate of drug-likeness (QED) is 0.813. The number of rotatable bonds is 3. The predicted molar refractivity (Wildman–Crippen MR) is 95.5 cm³/mol. The van der Waals surface area contributed by atoms with Crippen LogP contribution in [0.25, 0.3) is 0 Å². The first-order chi connectivity index (χ1) is 12.9. The van der Waals surface area contributed by atoms with Crippen LogP contribution < -0.4 is 14.8 Å². The standard InChI is InChI=1S/C19H23N3O5/c1-12(2)10-22-18(25)20-17(24)19(22)5-7-21(8-6-19)16(23)13-3-4-14-15(9-13)27-11-26-14/h3-4,9,12H,5-8,10-11H2,1-2H3,(H,20,24,25). The van der Waals surface area contributed by atoms with Gasteiger partial charge in [0, 0.05) is 25.2 Å². The summed E-state index contributed by atoms with van der Waals surface area (Å²) in [5, 5.41) is 2.45. The lowest BCUT2D eigenvalue weighted by Gasteiger charge is -2.42. The number of hydrogen-bond donors (Lipinski definition) is 1. The summed E-state index contributed by atoms with van der Waals surface area (Å²) >= 11 is 0. The van der Waals surface area contributed by atoms with E-state index in [1.807, 2.05) is 13.8 Å². The van der Waals surface area contributed by atoms with Crippen molar-refractivity contribution in [2.24, 2.45) is 5.92 Å². The Kier molecular flexibility index (Phi) is 4.20. The zero-order valence-corrected chi connectivity index (χ0v) is 15.5. The van der Waals surface area contributed by atoms with Gasteiger partial charge in [-0.15, -0.1) is 0 Å². The van der Waals surface area contributed by atoms with Gasteiger partial charge in [0.2, 0.25) is 6.79 Å². The number of nitrogens with zero attached hydrogens (tertiary/aromatic N) is 2. The summed E-state index contributed by atoms with van der Waals surface area (Å²) in [6.45, 7) is 5.55. The molecule has 0 aromatic heterocycles. The van der Waals surface area contributed by atoms with Crippen molar-refractivity contribution < 1.29 is 23.9 Å². The number of benzene rings is 1. The molecule has 0 atom stereocenters. The van der Waals surface area contributed by atoms with Crippen LogP contribution in [-0.4, -0.2) is 59.6 Å². The van der Waals surface area contributed by atoms with Crippen molar-refractivity contribution in [1.82, 2.24) is 15.1 Å². The molecule has 0 radical (unpaired) electrons. The van der Waals surface area contributed by atoms with Crippen molar-refractivity contribution >= 4 is 17.8 Å². The van der Waals surface area contributed by atoms with Gasteiger partial charge in [-0.1, -0.05) is 13.8 Å². The van der Waals surface area contributed by atoms with Crippen molar-refractivity contribution in [3.05, 3.63) is 23.8 Å².